The van der Waals surface area contributed by atoms with Crippen molar-refractivity contribution in [3.63, 3.8) is 0 Å². The SMILES string of the molecule is CCN(CCNC(=O)COc1ccc(C#N)cc1OC)c1cccc(C)c1. The molecule has 0 aliphatic rings. The second-order valence-electron chi connectivity index (χ2n) is 6.03. The maximum atomic E-state index is 12.1. The van der Waals surface area contributed by atoms with Crippen LogP contribution < -0.4 is 19.7 Å². The standard InChI is InChI=1S/C21H25N3O3/c1-4-24(18-7-5-6-16(2)12-18)11-10-23-21(25)15-27-19-9-8-17(14-22)13-20(19)26-3/h5-9,12-13H,4,10-11,15H2,1-3H3,(H,23,25). The van der Waals surface area contributed by atoms with Gasteiger partial charge in [-0.3, -0.25) is 4.79 Å². The summed E-state index contributed by atoms with van der Waals surface area (Å²) in [4.78, 5) is 14.3. The fourth-order valence-corrected chi connectivity index (χ4v) is 2.68. The Balaban J connectivity index is 1.82. The zero-order chi connectivity index (χ0) is 19.6. The van der Waals surface area contributed by atoms with Gasteiger partial charge >= 0.3 is 0 Å². The highest BCUT2D eigenvalue weighted by atomic mass is 16.5. The van der Waals surface area contributed by atoms with Gasteiger partial charge in [-0.05, 0) is 43.7 Å². The molecule has 0 bridgehead atoms. The number of carbonyl (C=O) groups is 1. The van der Waals surface area contributed by atoms with Gasteiger partial charge in [-0.2, -0.15) is 5.26 Å². The van der Waals surface area contributed by atoms with Crippen LogP contribution in [0.1, 0.15) is 18.1 Å². The number of nitrogens with zero attached hydrogens (tertiary/aromatic N) is 2. The van der Waals surface area contributed by atoms with Crippen LogP contribution in [0.25, 0.3) is 0 Å². The lowest BCUT2D eigenvalue weighted by Crippen LogP contribution is -2.37. The lowest BCUT2D eigenvalue weighted by Gasteiger charge is -2.23. The van der Waals surface area contributed by atoms with E-state index in [1.165, 1.54) is 12.7 Å². The molecule has 0 aliphatic heterocycles. The first-order valence-electron chi connectivity index (χ1n) is 8.86. The summed E-state index contributed by atoms with van der Waals surface area (Å²) >= 11 is 0. The Hall–Kier alpha value is -3.20. The molecule has 1 amide bonds. The zero-order valence-corrected chi connectivity index (χ0v) is 16.0. The van der Waals surface area contributed by atoms with Crippen LogP contribution in [0.15, 0.2) is 42.5 Å². The van der Waals surface area contributed by atoms with Crippen molar-refractivity contribution in [1.29, 1.82) is 5.26 Å². The number of amides is 1. The van der Waals surface area contributed by atoms with Gasteiger partial charge in [-0.1, -0.05) is 12.1 Å². The number of rotatable bonds is 9. The first-order valence-corrected chi connectivity index (χ1v) is 8.86. The summed E-state index contributed by atoms with van der Waals surface area (Å²) in [7, 11) is 1.49. The highest BCUT2D eigenvalue weighted by Crippen LogP contribution is 2.27. The number of anilines is 1. The molecule has 0 aromatic heterocycles. The van der Waals surface area contributed by atoms with Crippen LogP contribution in [0.2, 0.25) is 0 Å². The molecule has 142 valence electrons. The number of hydrogen-bond donors (Lipinski definition) is 1. The van der Waals surface area contributed by atoms with E-state index in [9.17, 15) is 4.79 Å². The molecule has 2 aromatic rings. The van der Waals surface area contributed by atoms with Crippen LogP contribution in [0.4, 0.5) is 5.69 Å². The van der Waals surface area contributed by atoms with Gasteiger partial charge in [-0.25, -0.2) is 0 Å². The van der Waals surface area contributed by atoms with Gasteiger partial charge in [0.2, 0.25) is 0 Å². The Bertz CT molecular complexity index is 815. The molecule has 2 aromatic carbocycles. The molecule has 2 rings (SSSR count). The molecule has 6 heteroatoms. The number of methoxy groups -OCH3 is 1. The number of benzene rings is 2. The molecule has 0 saturated heterocycles. The maximum Gasteiger partial charge on any atom is 0.258 e. The molecule has 0 aliphatic carbocycles. The van der Waals surface area contributed by atoms with E-state index in [0.29, 0.717) is 30.2 Å². The Morgan fingerprint density at radius 1 is 1.22 bits per heavy atom. The van der Waals surface area contributed by atoms with Crippen molar-refractivity contribution in [2.45, 2.75) is 13.8 Å². The lowest BCUT2D eigenvalue weighted by atomic mass is 10.2. The average Bonchev–Trinajstić information content (AvgIpc) is 2.69. The van der Waals surface area contributed by atoms with E-state index in [-0.39, 0.29) is 12.5 Å². The number of nitriles is 1. The Labute approximate surface area is 160 Å². The van der Waals surface area contributed by atoms with E-state index in [1.54, 1.807) is 18.2 Å². The van der Waals surface area contributed by atoms with Crippen molar-refractivity contribution in [3.8, 4) is 17.6 Å². The van der Waals surface area contributed by atoms with Gasteiger partial charge in [0.25, 0.3) is 5.91 Å². The smallest absolute Gasteiger partial charge is 0.258 e. The summed E-state index contributed by atoms with van der Waals surface area (Å²) in [6.45, 7) is 6.13. The van der Waals surface area contributed by atoms with E-state index >= 15 is 0 Å². The van der Waals surface area contributed by atoms with Gasteiger partial charge in [-0.15, -0.1) is 0 Å². The van der Waals surface area contributed by atoms with Crippen LogP contribution in [0, 0.1) is 18.3 Å². The molecule has 1 N–H and O–H groups in total. The van der Waals surface area contributed by atoms with E-state index in [0.717, 1.165) is 12.2 Å². The van der Waals surface area contributed by atoms with Gasteiger partial charge in [0, 0.05) is 31.4 Å². The predicted molar refractivity (Wildman–Crippen MR) is 105 cm³/mol. The molecule has 0 saturated carbocycles. The molecular formula is C21H25N3O3. The van der Waals surface area contributed by atoms with Crippen LogP contribution >= 0.6 is 0 Å². The third kappa shape index (κ3) is 5.93. The van der Waals surface area contributed by atoms with E-state index in [4.69, 9.17) is 14.7 Å². The Morgan fingerprint density at radius 2 is 2.04 bits per heavy atom. The molecular weight excluding hydrogens is 342 g/mol. The first-order chi connectivity index (χ1) is 13.1. The van der Waals surface area contributed by atoms with E-state index in [1.807, 2.05) is 12.1 Å². The van der Waals surface area contributed by atoms with Gasteiger partial charge in [0.15, 0.2) is 18.1 Å². The predicted octanol–water partition coefficient (Wildman–Crippen LogP) is 2.90. The molecule has 0 fully saturated rings. The molecule has 0 radical (unpaired) electrons. The average molecular weight is 367 g/mol. The van der Waals surface area contributed by atoms with Gasteiger partial charge in [0.1, 0.15) is 0 Å². The van der Waals surface area contributed by atoms with Crippen molar-refractivity contribution in [1.82, 2.24) is 5.32 Å². The normalized spacial score (nSPS) is 10.0. The van der Waals surface area contributed by atoms with E-state index in [2.05, 4.69) is 42.3 Å². The number of carbonyl (C=O) groups excluding carboxylic acids is 1. The quantitative estimate of drug-likeness (QED) is 0.738. The number of hydrogen-bond acceptors (Lipinski definition) is 5. The van der Waals surface area contributed by atoms with Crippen LogP contribution in [0.3, 0.4) is 0 Å². The maximum absolute atomic E-state index is 12.1. The summed E-state index contributed by atoms with van der Waals surface area (Å²) in [5.74, 6) is 0.654. The summed E-state index contributed by atoms with van der Waals surface area (Å²) < 4.78 is 10.7. The number of aryl methyl sites for hydroxylation is 1. The fraction of sp³-hybridized carbons (Fsp3) is 0.333. The number of likely N-dealkylation sites (N-methyl/N-ethyl adjacent to an activating group) is 1. The minimum atomic E-state index is -0.207. The third-order valence-corrected chi connectivity index (χ3v) is 4.10. The molecule has 27 heavy (non-hydrogen) atoms. The van der Waals surface area contributed by atoms with Crippen molar-refractivity contribution in [2.24, 2.45) is 0 Å². The second-order valence-corrected chi connectivity index (χ2v) is 6.03. The molecule has 0 heterocycles. The van der Waals surface area contributed by atoms with Crippen molar-refractivity contribution in [2.75, 3.05) is 38.3 Å². The third-order valence-electron chi connectivity index (χ3n) is 4.10. The van der Waals surface area contributed by atoms with Crippen molar-refractivity contribution < 1.29 is 14.3 Å². The first kappa shape index (κ1) is 20.1. The van der Waals surface area contributed by atoms with Crippen LogP contribution in [-0.4, -0.2) is 39.3 Å². The second kappa shape index (κ2) is 10.1. The summed E-state index contributed by atoms with van der Waals surface area (Å²) in [6.07, 6.45) is 0. The monoisotopic (exact) mass is 367 g/mol. The van der Waals surface area contributed by atoms with Crippen LogP contribution in [0.5, 0.6) is 11.5 Å². The summed E-state index contributed by atoms with van der Waals surface area (Å²) in [5, 5.41) is 11.8. The summed E-state index contributed by atoms with van der Waals surface area (Å²) in [5.41, 5.74) is 2.82. The van der Waals surface area contributed by atoms with E-state index < -0.39 is 0 Å². The molecule has 0 unspecified atom stereocenters. The Morgan fingerprint density at radius 3 is 2.70 bits per heavy atom. The topological polar surface area (TPSA) is 74.6 Å². The highest BCUT2D eigenvalue weighted by Gasteiger charge is 2.09. The largest absolute Gasteiger partial charge is 0.493 e. The zero-order valence-electron chi connectivity index (χ0n) is 16.0. The van der Waals surface area contributed by atoms with Crippen molar-refractivity contribution >= 4 is 11.6 Å². The molecule has 6 nitrogen and oxygen atoms in total. The van der Waals surface area contributed by atoms with Gasteiger partial charge < -0.3 is 19.7 Å². The van der Waals surface area contributed by atoms with Crippen molar-refractivity contribution in [3.05, 3.63) is 53.6 Å². The number of ether oxygens (including phenoxy) is 2. The van der Waals surface area contributed by atoms with Gasteiger partial charge in [0.05, 0.1) is 18.7 Å². The highest BCUT2D eigenvalue weighted by molar-refractivity contribution is 5.77. The number of nitrogens with one attached hydrogen (secondary N) is 1. The summed E-state index contributed by atoms with van der Waals surface area (Å²) in [6, 6.07) is 15.2. The Kier molecular flexibility index (Phi) is 7.50. The fourth-order valence-electron chi connectivity index (χ4n) is 2.68. The lowest BCUT2D eigenvalue weighted by molar-refractivity contribution is -0.123. The molecule has 0 atom stereocenters. The molecule has 0 spiro atoms. The minimum Gasteiger partial charge on any atom is -0.493 e. The van der Waals surface area contributed by atoms with Crippen LogP contribution in [-0.2, 0) is 4.79 Å². The minimum absolute atomic E-state index is 0.112.